The lowest BCUT2D eigenvalue weighted by atomic mass is 9.53. The summed E-state index contributed by atoms with van der Waals surface area (Å²) in [4.78, 5) is 0. The van der Waals surface area contributed by atoms with Gasteiger partial charge >= 0.3 is 0 Å². The number of hydrogen-bond acceptors (Lipinski definition) is 3. The number of halogens is 1. The van der Waals surface area contributed by atoms with Gasteiger partial charge in [0, 0.05) is 0 Å². The van der Waals surface area contributed by atoms with E-state index in [0.29, 0.717) is 12.3 Å². The van der Waals surface area contributed by atoms with Gasteiger partial charge in [-0.2, -0.15) is 5.26 Å². The zero-order valence-electron chi connectivity index (χ0n) is 16.2. The molecule has 0 unspecified atom stereocenters. The number of fused-ring (bicyclic) bond motifs is 1. The second-order valence-electron chi connectivity index (χ2n) is 9.50. The molecule has 0 aromatic carbocycles. The Bertz CT molecular complexity index is 606. The van der Waals surface area contributed by atoms with Crippen molar-refractivity contribution in [3.05, 3.63) is 11.6 Å². The maximum atomic E-state index is 10.9. The monoisotopic (exact) mass is 365 g/mol. The summed E-state index contributed by atoms with van der Waals surface area (Å²) < 4.78 is 6.61. The van der Waals surface area contributed by atoms with E-state index in [2.05, 4.69) is 39.8 Å². The zero-order valence-corrected chi connectivity index (χ0v) is 16.9. The van der Waals surface area contributed by atoms with Crippen molar-refractivity contribution in [1.82, 2.24) is 0 Å². The molecule has 0 bridgehead atoms. The highest BCUT2D eigenvalue weighted by molar-refractivity contribution is 6.21. The Morgan fingerprint density at radius 3 is 2.52 bits per heavy atom. The van der Waals surface area contributed by atoms with Crippen molar-refractivity contribution in [1.29, 1.82) is 5.26 Å². The molecule has 0 radical (unpaired) electrons. The maximum Gasteiger partial charge on any atom is 0.0796 e. The summed E-state index contributed by atoms with van der Waals surface area (Å²) in [6.45, 7) is 10.4. The molecule has 1 saturated carbocycles. The van der Waals surface area contributed by atoms with Gasteiger partial charge < -0.3 is 9.84 Å². The predicted octanol–water partition coefficient (Wildman–Crippen LogP) is 4.82. The second-order valence-corrected chi connectivity index (χ2v) is 10.0. The van der Waals surface area contributed by atoms with Crippen LogP contribution in [0.4, 0.5) is 0 Å². The molecule has 1 N–H and O–H groups in total. The maximum absolute atomic E-state index is 10.9. The smallest absolute Gasteiger partial charge is 0.0796 e. The number of aliphatic hydroxyl groups is 1. The van der Waals surface area contributed by atoms with Gasteiger partial charge in [-0.15, -0.1) is 11.6 Å². The molecule has 0 spiro atoms. The molecule has 140 valence electrons. The van der Waals surface area contributed by atoms with E-state index < -0.39 is 5.60 Å². The van der Waals surface area contributed by atoms with Crippen LogP contribution >= 0.6 is 11.6 Å². The summed E-state index contributed by atoms with van der Waals surface area (Å²) in [5.41, 5.74) is -0.218. The molecule has 1 heterocycles. The SMILES string of the molecule is CC1=CC[C@H]([C@@]2(C)CC[C@H](Cl)C(C)(C)O2)[C@@H]2[C@@H]1CC[C@@](C)(O)[C@@H]2C#N. The molecular weight excluding hydrogens is 334 g/mol. The summed E-state index contributed by atoms with van der Waals surface area (Å²) in [5.74, 6) is 0.408. The lowest BCUT2D eigenvalue weighted by Gasteiger charge is -2.57. The topological polar surface area (TPSA) is 53.2 Å². The summed E-state index contributed by atoms with van der Waals surface area (Å²) in [6, 6.07) is 2.47. The first-order valence-corrected chi connectivity index (χ1v) is 10.1. The minimum atomic E-state index is -0.915. The highest BCUT2D eigenvalue weighted by atomic mass is 35.5. The van der Waals surface area contributed by atoms with Crippen LogP contribution in [0.15, 0.2) is 11.6 Å². The molecule has 3 aliphatic rings. The number of nitrogens with zero attached hydrogens (tertiary/aromatic N) is 1. The molecule has 7 atom stereocenters. The van der Waals surface area contributed by atoms with Gasteiger partial charge in [0.25, 0.3) is 0 Å². The number of nitriles is 1. The van der Waals surface area contributed by atoms with Crippen LogP contribution in [0.5, 0.6) is 0 Å². The first-order chi connectivity index (χ1) is 11.5. The van der Waals surface area contributed by atoms with Crippen molar-refractivity contribution in [2.45, 2.75) is 88.9 Å². The molecule has 1 saturated heterocycles. The third-order valence-electron chi connectivity index (χ3n) is 7.29. The summed E-state index contributed by atoms with van der Waals surface area (Å²) in [6.07, 6.45) is 6.74. The average Bonchev–Trinajstić information content (AvgIpc) is 2.50. The van der Waals surface area contributed by atoms with E-state index in [1.807, 2.05) is 6.92 Å². The highest BCUT2D eigenvalue weighted by Crippen LogP contribution is 2.56. The van der Waals surface area contributed by atoms with E-state index in [1.165, 1.54) is 5.57 Å². The van der Waals surface area contributed by atoms with E-state index in [-0.39, 0.29) is 34.3 Å². The Balaban J connectivity index is 1.99. The fourth-order valence-corrected chi connectivity index (χ4v) is 5.88. The summed E-state index contributed by atoms with van der Waals surface area (Å²) >= 11 is 6.51. The number of ether oxygens (including phenoxy) is 1. The molecule has 0 amide bonds. The normalized spacial score (nSPS) is 49.7. The van der Waals surface area contributed by atoms with Crippen molar-refractivity contribution in [2.75, 3.05) is 0 Å². The minimum Gasteiger partial charge on any atom is -0.389 e. The van der Waals surface area contributed by atoms with Gasteiger partial charge in [-0.3, -0.25) is 0 Å². The van der Waals surface area contributed by atoms with Crippen molar-refractivity contribution in [3.8, 4) is 6.07 Å². The molecule has 4 heteroatoms. The quantitative estimate of drug-likeness (QED) is 0.535. The van der Waals surface area contributed by atoms with Crippen LogP contribution in [0, 0.1) is 35.0 Å². The zero-order chi connectivity index (χ0) is 18.6. The van der Waals surface area contributed by atoms with Crippen LogP contribution < -0.4 is 0 Å². The van der Waals surface area contributed by atoms with E-state index >= 15 is 0 Å². The van der Waals surface area contributed by atoms with Crippen LogP contribution in [-0.4, -0.2) is 27.3 Å². The lowest BCUT2D eigenvalue weighted by Crippen LogP contribution is -2.59. The predicted molar refractivity (Wildman–Crippen MR) is 100 cm³/mol. The first-order valence-electron chi connectivity index (χ1n) is 9.65. The van der Waals surface area contributed by atoms with Crippen LogP contribution in [0.3, 0.4) is 0 Å². The van der Waals surface area contributed by atoms with Crippen molar-refractivity contribution < 1.29 is 9.84 Å². The number of rotatable bonds is 1. The minimum absolute atomic E-state index is 0.0125. The molecule has 25 heavy (non-hydrogen) atoms. The number of allylic oxidation sites excluding steroid dienone is 2. The average molecular weight is 366 g/mol. The Kier molecular flexibility index (Phi) is 4.81. The van der Waals surface area contributed by atoms with Crippen LogP contribution in [0.25, 0.3) is 0 Å². The van der Waals surface area contributed by atoms with Gasteiger partial charge in [-0.25, -0.2) is 0 Å². The Hall–Kier alpha value is -0.560. The van der Waals surface area contributed by atoms with E-state index in [0.717, 1.165) is 25.7 Å². The van der Waals surface area contributed by atoms with Crippen molar-refractivity contribution in [2.24, 2.45) is 23.7 Å². The van der Waals surface area contributed by atoms with Crippen LogP contribution in [-0.2, 0) is 4.74 Å². The molecule has 3 nitrogen and oxygen atoms in total. The highest BCUT2D eigenvalue weighted by Gasteiger charge is 2.57. The number of alkyl halides is 1. The summed E-state index contributed by atoms with van der Waals surface area (Å²) in [7, 11) is 0. The summed E-state index contributed by atoms with van der Waals surface area (Å²) in [5, 5.41) is 20.8. The second kappa shape index (κ2) is 6.25. The molecule has 0 aromatic heterocycles. The molecule has 3 rings (SSSR count). The number of hydrogen-bond donors (Lipinski definition) is 1. The fraction of sp³-hybridized carbons (Fsp3) is 0.857. The Labute approximate surface area is 157 Å². The molecule has 0 aromatic rings. The molecule has 1 aliphatic heterocycles. The van der Waals surface area contributed by atoms with E-state index in [9.17, 15) is 10.4 Å². The van der Waals surface area contributed by atoms with Crippen molar-refractivity contribution in [3.63, 3.8) is 0 Å². The van der Waals surface area contributed by atoms with Gasteiger partial charge in [0.1, 0.15) is 0 Å². The Morgan fingerprint density at radius 1 is 1.24 bits per heavy atom. The van der Waals surface area contributed by atoms with E-state index in [4.69, 9.17) is 16.3 Å². The van der Waals surface area contributed by atoms with E-state index in [1.54, 1.807) is 0 Å². The van der Waals surface area contributed by atoms with Crippen molar-refractivity contribution >= 4 is 11.6 Å². The first kappa shape index (κ1) is 19.2. The van der Waals surface area contributed by atoms with Gasteiger partial charge in [0.15, 0.2) is 0 Å². The fourth-order valence-electron chi connectivity index (χ4n) is 5.73. The van der Waals surface area contributed by atoms with Crippen LogP contribution in [0.2, 0.25) is 0 Å². The van der Waals surface area contributed by atoms with Gasteiger partial charge in [-0.1, -0.05) is 11.6 Å². The molecule has 2 fully saturated rings. The standard InChI is InChI=1S/C21H32ClNO2/c1-13-6-7-15(21(5)11-9-17(22)19(2,3)25-21)18-14(13)8-10-20(4,24)16(18)12-23/h6,14-18,24H,7-11H2,1-5H3/t14-,15+,16-,17+,18+,20-,21-/m1/s1. The van der Waals surface area contributed by atoms with Gasteiger partial charge in [0.05, 0.1) is 34.2 Å². The van der Waals surface area contributed by atoms with Gasteiger partial charge in [0.2, 0.25) is 0 Å². The lowest BCUT2D eigenvalue weighted by molar-refractivity contribution is -0.211. The van der Waals surface area contributed by atoms with Gasteiger partial charge in [-0.05, 0) is 84.5 Å². The van der Waals surface area contributed by atoms with Crippen LogP contribution in [0.1, 0.15) is 66.7 Å². The third-order valence-corrected chi connectivity index (χ3v) is 8.04. The third kappa shape index (κ3) is 3.15. The Morgan fingerprint density at radius 2 is 1.92 bits per heavy atom. The largest absolute Gasteiger partial charge is 0.389 e. The molecule has 2 aliphatic carbocycles. The molecular formula is C21H32ClNO2.